The van der Waals surface area contributed by atoms with Crippen LogP contribution in [-0.2, 0) is 4.79 Å². The lowest BCUT2D eigenvalue weighted by Crippen LogP contribution is -2.29. The van der Waals surface area contributed by atoms with Gasteiger partial charge >= 0.3 is 12.1 Å². The van der Waals surface area contributed by atoms with Crippen molar-refractivity contribution in [2.24, 2.45) is 0 Å². The maximum atomic E-state index is 10.6. The molecule has 0 bridgehead atoms. The summed E-state index contributed by atoms with van der Waals surface area (Å²) in [5.74, 6) is -2.76. The molecule has 0 aromatic heterocycles. The standard InChI is InChI=1S/C7H12N2.C2HF3O2/c8-4-7-9-5-2-1-3-6-9;3-2(4,5)1(6)7/h1-3,5-7H2;(H,6,7). The molecule has 0 aromatic carbocycles. The fraction of sp³-hybridized carbons (Fsp3) is 0.778. The minimum atomic E-state index is -5.08. The van der Waals surface area contributed by atoms with Crippen LogP contribution in [0.1, 0.15) is 19.3 Å². The third-order valence-electron chi connectivity index (χ3n) is 1.99. The predicted octanol–water partition coefficient (Wildman–Crippen LogP) is 1.63. The Hall–Kier alpha value is -1.29. The highest BCUT2D eigenvalue weighted by Gasteiger charge is 2.38. The number of carboxylic acids is 1. The lowest BCUT2D eigenvalue weighted by molar-refractivity contribution is -0.192. The highest BCUT2D eigenvalue weighted by Crippen LogP contribution is 2.13. The van der Waals surface area contributed by atoms with Crippen LogP contribution in [-0.4, -0.2) is 41.8 Å². The summed E-state index contributed by atoms with van der Waals surface area (Å²) in [6.07, 6.45) is -1.18. The van der Waals surface area contributed by atoms with E-state index in [1.807, 2.05) is 0 Å². The number of nitrogens with zero attached hydrogens (tertiary/aromatic N) is 2. The second-order valence-electron chi connectivity index (χ2n) is 3.30. The van der Waals surface area contributed by atoms with E-state index in [1.165, 1.54) is 19.3 Å². The van der Waals surface area contributed by atoms with Crippen LogP contribution >= 0.6 is 0 Å². The molecule has 1 N–H and O–H groups in total. The van der Waals surface area contributed by atoms with Crippen molar-refractivity contribution in [3.05, 3.63) is 0 Å². The Balaban J connectivity index is 0.000000293. The predicted molar refractivity (Wildman–Crippen MR) is 49.6 cm³/mol. The molecule has 1 fully saturated rings. The van der Waals surface area contributed by atoms with Gasteiger partial charge in [-0.15, -0.1) is 0 Å². The maximum absolute atomic E-state index is 10.6. The van der Waals surface area contributed by atoms with Crippen LogP contribution < -0.4 is 0 Å². The van der Waals surface area contributed by atoms with Gasteiger partial charge in [-0.1, -0.05) is 6.42 Å². The van der Waals surface area contributed by atoms with Gasteiger partial charge in [0.2, 0.25) is 0 Å². The van der Waals surface area contributed by atoms with Gasteiger partial charge in [0.25, 0.3) is 0 Å². The Morgan fingerprint density at radius 1 is 1.31 bits per heavy atom. The fourth-order valence-electron chi connectivity index (χ4n) is 1.22. The van der Waals surface area contributed by atoms with Crippen molar-refractivity contribution in [2.45, 2.75) is 25.4 Å². The van der Waals surface area contributed by atoms with Crippen LogP contribution in [0.2, 0.25) is 0 Å². The number of alkyl halides is 3. The van der Waals surface area contributed by atoms with E-state index in [2.05, 4.69) is 11.0 Å². The third kappa shape index (κ3) is 7.06. The van der Waals surface area contributed by atoms with E-state index in [4.69, 9.17) is 15.2 Å². The number of likely N-dealkylation sites (tertiary alicyclic amines) is 1. The Labute approximate surface area is 91.3 Å². The molecule has 1 heterocycles. The Morgan fingerprint density at radius 2 is 1.75 bits per heavy atom. The molecular weight excluding hydrogens is 225 g/mol. The lowest BCUT2D eigenvalue weighted by Gasteiger charge is -2.22. The van der Waals surface area contributed by atoms with Gasteiger partial charge in [-0.2, -0.15) is 18.4 Å². The van der Waals surface area contributed by atoms with E-state index in [-0.39, 0.29) is 0 Å². The zero-order valence-corrected chi connectivity index (χ0v) is 8.63. The van der Waals surface area contributed by atoms with Crippen LogP contribution in [0.25, 0.3) is 0 Å². The third-order valence-corrected chi connectivity index (χ3v) is 1.99. The number of nitriles is 1. The second kappa shape index (κ2) is 7.06. The molecule has 0 saturated carbocycles. The van der Waals surface area contributed by atoms with Gasteiger partial charge in [0.05, 0.1) is 12.6 Å². The molecule has 1 rings (SSSR count). The van der Waals surface area contributed by atoms with Crippen LogP contribution in [0.5, 0.6) is 0 Å². The molecule has 16 heavy (non-hydrogen) atoms. The highest BCUT2D eigenvalue weighted by atomic mass is 19.4. The minimum Gasteiger partial charge on any atom is -0.475 e. The first kappa shape index (κ1) is 14.7. The smallest absolute Gasteiger partial charge is 0.475 e. The molecule has 0 spiro atoms. The number of hydrogen-bond acceptors (Lipinski definition) is 3. The van der Waals surface area contributed by atoms with Crippen LogP contribution in [0.15, 0.2) is 0 Å². The van der Waals surface area contributed by atoms with E-state index >= 15 is 0 Å². The Bertz CT molecular complexity index is 254. The summed E-state index contributed by atoms with van der Waals surface area (Å²) < 4.78 is 31.7. The number of aliphatic carboxylic acids is 1. The van der Waals surface area contributed by atoms with E-state index in [0.717, 1.165) is 13.1 Å². The second-order valence-corrected chi connectivity index (χ2v) is 3.30. The zero-order valence-electron chi connectivity index (χ0n) is 8.63. The molecule has 1 aliphatic heterocycles. The molecule has 0 aromatic rings. The van der Waals surface area contributed by atoms with Crippen molar-refractivity contribution < 1.29 is 23.1 Å². The average molecular weight is 238 g/mol. The number of halogens is 3. The van der Waals surface area contributed by atoms with Crippen LogP contribution in [0, 0.1) is 11.3 Å². The maximum Gasteiger partial charge on any atom is 0.490 e. The monoisotopic (exact) mass is 238 g/mol. The number of carboxylic acid groups (broad SMARTS) is 1. The van der Waals surface area contributed by atoms with Crippen molar-refractivity contribution in [1.29, 1.82) is 5.26 Å². The van der Waals surface area contributed by atoms with Crippen LogP contribution in [0.4, 0.5) is 13.2 Å². The van der Waals surface area contributed by atoms with Crippen molar-refractivity contribution in [2.75, 3.05) is 19.6 Å². The van der Waals surface area contributed by atoms with Gasteiger partial charge in [0, 0.05) is 0 Å². The van der Waals surface area contributed by atoms with E-state index in [0.29, 0.717) is 6.54 Å². The van der Waals surface area contributed by atoms with Crippen molar-refractivity contribution in [1.82, 2.24) is 4.90 Å². The molecule has 4 nitrogen and oxygen atoms in total. The summed E-state index contributed by atoms with van der Waals surface area (Å²) in [4.78, 5) is 11.1. The molecule has 0 amide bonds. The molecule has 7 heteroatoms. The SMILES string of the molecule is N#CCN1CCCCC1.O=C(O)C(F)(F)F. The molecule has 1 aliphatic rings. The number of carbonyl (C=O) groups is 1. The average Bonchev–Trinajstić information content (AvgIpc) is 2.19. The molecule has 92 valence electrons. The summed E-state index contributed by atoms with van der Waals surface area (Å²) in [6, 6.07) is 2.16. The quantitative estimate of drug-likeness (QED) is 0.705. The summed E-state index contributed by atoms with van der Waals surface area (Å²) in [6.45, 7) is 2.89. The molecule has 0 aliphatic carbocycles. The largest absolute Gasteiger partial charge is 0.490 e. The van der Waals surface area contributed by atoms with E-state index in [1.54, 1.807) is 0 Å². The Kier molecular flexibility index (Phi) is 6.49. The first-order chi connectivity index (χ1) is 7.38. The molecule has 0 atom stereocenters. The lowest BCUT2D eigenvalue weighted by atomic mass is 10.1. The van der Waals surface area contributed by atoms with Gasteiger partial charge in [0.15, 0.2) is 0 Å². The number of rotatable bonds is 1. The minimum absolute atomic E-state index is 0.625. The highest BCUT2D eigenvalue weighted by molar-refractivity contribution is 5.73. The van der Waals surface area contributed by atoms with Gasteiger partial charge in [0.1, 0.15) is 0 Å². The molecule has 0 unspecified atom stereocenters. The summed E-state index contributed by atoms with van der Waals surface area (Å²) >= 11 is 0. The summed E-state index contributed by atoms with van der Waals surface area (Å²) in [5.41, 5.74) is 0. The molecule has 0 radical (unpaired) electrons. The normalized spacial score (nSPS) is 16.9. The van der Waals surface area contributed by atoms with Crippen LogP contribution in [0.3, 0.4) is 0 Å². The van der Waals surface area contributed by atoms with Gasteiger partial charge in [-0.3, -0.25) is 4.90 Å². The Morgan fingerprint density at radius 3 is 2.06 bits per heavy atom. The first-order valence-corrected chi connectivity index (χ1v) is 4.77. The number of piperidine rings is 1. The van der Waals surface area contributed by atoms with Crippen molar-refractivity contribution >= 4 is 5.97 Å². The fourth-order valence-corrected chi connectivity index (χ4v) is 1.22. The zero-order chi connectivity index (χ0) is 12.6. The topological polar surface area (TPSA) is 64.3 Å². The van der Waals surface area contributed by atoms with Gasteiger partial charge in [-0.05, 0) is 25.9 Å². The summed E-state index contributed by atoms with van der Waals surface area (Å²) in [7, 11) is 0. The van der Waals surface area contributed by atoms with Gasteiger partial charge < -0.3 is 5.11 Å². The summed E-state index contributed by atoms with van der Waals surface area (Å²) in [5, 5.41) is 15.5. The van der Waals surface area contributed by atoms with Crippen molar-refractivity contribution in [3.63, 3.8) is 0 Å². The number of hydrogen-bond donors (Lipinski definition) is 1. The first-order valence-electron chi connectivity index (χ1n) is 4.77. The van der Waals surface area contributed by atoms with E-state index < -0.39 is 12.1 Å². The molecule has 1 saturated heterocycles. The molecular formula is C9H13F3N2O2. The van der Waals surface area contributed by atoms with E-state index in [9.17, 15) is 13.2 Å². The van der Waals surface area contributed by atoms with Gasteiger partial charge in [-0.25, -0.2) is 4.79 Å². The van der Waals surface area contributed by atoms with Crippen molar-refractivity contribution in [3.8, 4) is 6.07 Å².